The van der Waals surface area contributed by atoms with Crippen LogP contribution in [0.4, 0.5) is 5.69 Å². The van der Waals surface area contributed by atoms with Crippen LogP contribution in [0.1, 0.15) is 6.92 Å². The average molecular weight is 428 g/mol. The Kier molecular flexibility index (Phi) is 5.14. The van der Waals surface area contributed by atoms with E-state index in [1.54, 1.807) is 29.9 Å². The first-order chi connectivity index (χ1) is 13.9. The molecule has 1 unspecified atom stereocenters. The van der Waals surface area contributed by atoms with Gasteiger partial charge in [-0.1, -0.05) is 18.2 Å². The maximum Gasteiger partial charge on any atom is 0.250 e. The molecule has 8 nitrogen and oxygen atoms in total. The Morgan fingerprint density at radius 3 is 2.66 bits per heavy atom. The number of rotatable bonds is 6. The third kappa shape index (κ3) is 4.04. The van der Waals surface area contributed by atoms with Gasteiger partial charge in [0, 0.05) is 0 Å². The molecule has 0 fully saturated rings. The van der Waals surface area contributed by atoms with Gasteiger partial charge in [-0.15, -0.1) is 11.3 Å². The Labute approximate surface area is 171 Å². The first-order valence-corrected chi connectivity index (χ1v) is 11.1. The Morgan fingerprint density at radius 1 is 1.10 bits per heavy atom. The summed E-state index contributed by atoms with van der Waals surface area (Å²) in [6.45, 7) is 1.49. The standard InChI is InChI=1S/C19H17N5O3S2/c1-13(23-29(26,27)18-7-4-10-28-18)19(25)22-14-8-9-17(20-11-14)24-12-21-15-5-2-3-6-16(15)24/h2-13,23H,1H3,(H,22,25). The van der Waals surface area contributed by atoms with Crippen molar-refractivity contribution in [2.75, 3.05) is 5.32 Å². The lowest BCUT2D eigenvalue weighted by molar-refractivity contribution is -0.117. The van der Waals surface area contributed by atoms with Crippen LogP contribution in [0.3, 0.4) is 0 Å². The predicted octanol–water partition coefficient (Wildman–Crippen LogP) is 2.79. The Bertz CT molecular complexity index is 1250. The molecule has 1 amide bonds. The van der Waals surface area contributed by atoms with Gasteiger partial charge in [0.1, 0.15) is 16.4 Å². The molecule has 1 aromatic carbocycles. The number of hydrogen-bond donors (Lipinski definition) is 2. The monoisotopic (exact) mass is 427 g/mol. The number of carbonyl (C=O) groups excluding carboxylic acids is 1. The second kappa shape index (κ2) is 7.74. The van der Waals surface area contributed by atoms with Crippen LogP contribution in [0.25, 0.3) is 16.9 Å². The van der Waals surface area contributed by atoms with Crippen LogP contribution in [-0.4, -0.2) is 34.9 Å². The van der Waals surface area contributed by atoms with Gasteiger partial charge in [-0.2, -0.15) is 4.72 Å². The van der Waals surface area contributed by atoms with Gasteiger partial charge in [0.05, 0.1) is 29.0 Å². The molecule has 10 heteroatoms. The number of amides is 1. The zero-order chi connectivity index (χ0) is 20.4. The number of imidazole rings is 1. The highest BCUT2D eigenvalue weighted by atomic mass is 32.2. The number of para-hydroxylation sites is 2. The Hall–Kier alpha value is -3.08. The number of carbonyl (C=O) groups is 1. The highest BCUT2D eigenvalue weighted by Gasteiger charge is 2.22. The van der Waals surface area contributed by atoms with Crippen molar-refractivity contribution in [3.05, 3.63) is 66.4 Å². The summed E-state index contributed by atoms with van der Waals surface area (Å²) in [7, 11) is -3.73. The van der Waals surface area contributed by atoms with Gasteiger partial charge in [-0.05, 0) is 42.6 Å². The number of fused-ring (bicyclic) bond motifs is 1. The number of sulfonamides is 1. The fourth-order valence-electron chi connectivity index (χ4n) is 2.76. The van der Waals surface area contributed by atoms with Gasteiger partial charge in [0.15, 0.2) is 0 Å². The molecule has 0 saturated carbocycles. The molecule has 1 atom stereocenters. The van der Waals surface area contributed by atoms with Gasteiger partial charge in [-0.25, -0.2) is 18.4 Å². The van der Waals surface area contributed by atoms with E-state index < -0.39 is 22.0 Å². The second-order valence-electron chi connectivity index (χ2n) is 6.27. The van der Waals surface area contributed by atoms with Crippen LogP contribution >= 0.6 is 11.3 Å². The fourth-order valence-corrected chi connectivity index (χ4v) is 4.97. The van der Waals surface area contributed by atoms with Crippen LogP contribution in [-0.2, 0) is 14.8 Å². The molecule has 0 aliphatic carbocycles. The highest BCUT2D eigenvalue weighted by molar-refractivity contribution is 7.91. The van der Waals surface area contributed by atoms with Crippen LogP contribution < -0.4 is 10.0 Å². The molecule has 0 bridgehead atoms. The minimum atomic E-state index is -3.73. The molecule has 0 aliphatic heterocycles. The van der Waals surface area contributed by atoms with E-state index in [2.05, 4.69) is 20.0 Å². The molecule has 0 aliphatic rings. The summed E-state index contributed by atoms with van der Waals surface area (Å²) in [6, 6.07) is 13.3. The number of nitrogens with one attached hydrogen (secondary N) is 2. The van der Waals surface area contributed by atoms with Crippen molar-refractivity contribution in [1.29, 1.82) is 0 Å². The summed E-state index contributed by atoms with van der Waals surface area (Å²) in [5, 5.41) is 4.33. The van der Waals surface area contributed by atoms with Crippen LogP contribution in [0.15, 0.2) is 70.6 Å². The Balaban J connectivity index is 1.45. The molecule has 0 spiro atoms. The van der Waals surface area contributed by atoms with E-state index in [-0.39, 0.29) is 4.21 Å². The molecule has 0 saturated heterocycles. The van der Waals surface area contributed by atoms with E-state index in [1.807, 2.05) is 28.8 Å². The molecule has 148 valence electrons. The van der Waals surface area contributed by atoms with Gasteiger partial charge in [-0.3, -0.25) is 9.36 Å². The topological polar surface area (TPSA) is 106 Å². The number of anilines is 1. The number of hydrogen-bond acceptors (Lipinski definition) is 6. The zero-order valence-corrected chi connectivity index (χ0v) is 16.9. The van der Waals surface area contributed by atoms with E-state index in [9.17, 15) is 13.2 Å². The second-order valence-corrected chi connectivity index (χ2v) is 9.16. The van der Waals surface area contributed by atoms with E-state index in [4.69, 9.17) is 0 Å². The minimum Gasteiger partial charge on any atom is -0.323 e. The lowest BCUT2D eigenvalue weighted by atomic mass is 10.3. The van der Waals surface area contributed by atoms with Gasteiger partial charge in [0.2, 0.25) is 5.91 Å². The van der Waals surface area contributed by atoms with Gasteiger partial charge < -0.3 is 5.32 Å². The minimum absolute atomic E-state index is 0.163. The Morgan fingerprint density at radius 2 is 1.93 bits per heavy atom. The van der Waals surface area contributed by atoms with E-state index in [0.717, 1.165) is 22.4 Å². The summed E-state index contributed by atoms with van der Waals surface area (Å²) < 4.78 is 28.9. The molecule has 29 heavy (non-hydrogen) atoms. The van der Waals surface area contributed by atoms with Crippen LogP contribution in [0.2, 0.25) is 0 Å². The third-order valence-electron chi connectivity index (χ3n) is 4.20. The average Bonchev–Trinajstić information content (AvgIpc) is 3.39. The van der Waals surface area contributed by atoms with Gasteiger partial charge in [0.25, 0.3) is 10.0 Å². The molecule has 3 heterocycles. The zero-order valence-electron chi connectivity index (χ0n) is 15.3. The maximum atomic E-state index is 12.4. The van der Waals surface area contributed by atoms with Crippen LogP contribution in [0.5, 0.6) is 0 Å². The molecule has 0 radical (unpaired) electrons. The SMILES string of the molecule is CC(NS(=O)(=O)c1cccs1)C(=O)Nc1ccc(-n2cnc3ccccc32)nc1. The highest BCUT2D eigenvalue weighted by Crippen LogP contribution is 2.18. The summed E-state index contributed by atoms with van der Waals surface area (Å²) in [4.78, 5) is 21.1. The number of aromatic nitrogens is 3. The lowest BCUT2D eigenvalue weighted by Gasteiger charge is -2.14. The van der Waals surface area contributed by atoms with Crippen molar-refractivity contribution >= 4 is 44.0 Å². The normalized spacial score (nSPS) is 12.7. The van der Waals surface area contributed by atoms with Crippen molar-refractivity contribution in [2.45, 2.75) is 17.2 Å². The summed E-state index contributed by atoms with van der Waals surface area (Å²) >= 11 is 1.09. The fraction of sp³-hybridized carbons (Fsp3) is 0.105. The molecular weight excluding hydrogens is 410 g/mol. The molecule has 2 N–H and O–H groups in total. The van der Waals surface area contributed by atoms with Crippen LogP contribution in [0, 0.1) is 0 Å². The molecule has 3 aromatic heterocycles. The van der Waals surface area contributed by atoms with E-state index in [1.165, 1.54) is 19.2 Å². The summed E-state index contributed by atoms with van der Waals surface area (Å²) in [5.41, 5.74) is 2.25. The number of pyridine rings is 1. The first-order valence-electron chi connectivity index (χ1n) is 8.69. The largest absolute Gasteiger partial charge is 0.323 e. The van der Waals surface area contributed by atoms with Crippen molar-refractivity contribution in [3.8, 4) is 5.82 Å². The van der Waals surface area contributed by atoms with E-state index in [0.29, 0.717) is 11.5 Å². The predicted molar refractivity (Wildman–Crippen MR) is 112 cm³/mol. The van der Waals surface area contributed by atoms with Crippen molar-refractivity contribution in [1.82, 2.24) is 19.3 Å². The molecular formula is C19H17N5O3S2. The van der Waals surface area contributed by atoms with E-state index >= 15 is 0 Å². The van der Waals surface area contributed by atoms with Crippen molar-refractivity contribution in [2.24, 2.45) is 0 Å². The third-order valence-corrected chi connectivity index (χ3v) is 7.14. The maximum absolute atomic E-state index is 12.4. The summed E-state index contributed by atoms with van der Waals surface area (Å²) in [5.74, 6) is 0.177. The van der Waals surface area contributed by atoms with Gasteiger partial charge >= 0.3 is 0 Å². The molecule has 4 rings (SSSR count). The first kappa shape index (κ1) is 19.2. The number of nitrogens with zero attached hydrogens (tertiary/aromatic N) is 3. The van der Waals surface area contributed by atoms with Crippen molar-refractivity contribution in [3.63, 3.8) is 0 Å². The lowest BCUT2D eigenvalue weighted by Crippen LogP contribution is -2.41. The number of benzene rings is 1. The summed E-state index contributed by atoms with van der Waals surface area (Å²) in [6.07, 6.45) is 3.20. The quantitative estimate of drug-likeness (QED) is 0.492. The smallest absolute Gasteiger partial charge is 0.250 e. The van der Waals surface area contributed by atoms with Crippen molar-refractivity contribution < 1.29 is 13.2 Å². The number of thiophene rings is 1. The molecule has 4 aromatic rings.